The van der Waals surface area contributed by atoms with Crippen molar-refractivity contribution in [2.75, 3.05) is 13.2 Å². The van der Waals surface area contributed by atoms with Gasteiger partial charge in [-0.15, -0.1) is 0 Å². The van der Waals surface area contributed by atoms with Gasteiger partial charge < -0.3 is 14.2 Å². The molecule has 6 nitrogen and oxygen atoms in total. The van der Waals surface area contributed by atoms with Gasteiger partial charge in [0.1, 0.15) is 13.2 Å². The molecule has 0 saturated carbocycles. The predicted octanol–water partition coefficient (Wildman–Crippen LogP) is 17.6. The summed E-state index contributed by atoms with van der Waals surface area (Å²) in [5.74, 6) is -0.938. The first-order chi connectivity index (χ1) is 31.5. The Hall–Kier alpha value is -3.41. The van der Waals surface area contributed by atoms with Crippen molar-refractivity contribution in [2.45, 2.75) is 252 Å². The molecule has 0 N–H and O–H groups in total. The lowest BCUT2D eigenvalue weighted by molar-refractivity contribution is -0.167. The molecule has 0 rings (SSSR count). The molecule has 0 fully saturated rings. The smallest absolute Gasteiger partial charge is 0.306 e. The third-order valence-electron chi connectivity index (χ3n) is 11.1. The van der Waals surface area contributed by atoms with Gasteiger partial charge in [0, 0.05) is 19.3 Å². The Balaban J connectivity index is 4.45. The molecule has 0 bridgehead atoms. The maximum atomic E-state index is 12.8. The highest BCUT2D eigenvalue weighted by atomic mass is 16.6. The van der Waals surface area contributed by atoms with E-state index in [1.54, 1.807) is 0 Å². The van der Waals surface area contributed by atoms with Crippen LogP contribution in [0.1, 0.15) is 245 Å². The molecule has 366 valence electrons. The largest absolute Gasteiger partial charge is 0.462 e. The second-order valence-corrected chi connectivity index (χ2v) is 17.4. The van der Waals surface area contributed by atoms with Crippen molar-refractivity contribution >= 4 is 17.9 Å². The number of ether oxygens (including phenoxy) is 3. The lowest BCUT2D eigenvalue weighted by Gasteiger charge is -2.18. The van der Waals surface area contributed by atoms with Crippen LogP contribution in [0.4, 0.5) is 0 Å². The molecule has 0 aromatic heterocycles. The molecule has 0 aliphatic heterocycles. The van der Waals surface area contributed by atoms with Crippen LogP contribution in [0.25, 0.3) is 0 Å². The van der Waals surface area contributed by atoms with Gasteiger partial charge in [0.15, 0.2) is 6.10 Å². The SMILES string of the molecule is CC/C=C\C/C=C\C/C=C\C/C=C\C/C=C\CCCCCC(=O)OCC(COC(=O)CCCCCCCCCCCCCC)OC(=O)CCCCCCC/C=C\C/C=C\CCCCC. The van der Waals surface area contributed by atoms with Crippen LogP contribution in [0.3, 0.4) is 0 Å². The van der Waals surface area contributed by atoms with Gasteiger partial charge in [-0.1, -0.05) is 215 Å². The average Bonchev–Trinajstić information content (AvgIpc) is 3.29. The Labute approximate surface area is 395 Å². The summed E-state index contributed by atoms with van der Waals surface area (Å²) in [7, 11) is 0. The zero-order chi connectivity index (χ0) is 46.5. The van der Waals surface area contributed by atoms with E-state index >= 15 is 0 Å². The number of hydrogen-bond donors (Lipinski definition) is 0. The van der Waals surface area contributed by atoms with E-state index in [1.807, 2.05) is 0 Å². The lowest BCUT2D eigenvalue weighted by Crippen LogP contribution is -2.30. The summed E-state index contributed by atoms with van der Waals surface area (Å²) in [5, 5.41) is 0. The maximum Gasteiger partial charge on any atom is 0.306 e. The van der Waals surface area contributed by atoms with E-state index in [4.69, 9.17) is 14.2 Å². The molecule has 0 aromatic carbocycles. The zero-order valence-corrected chi connectivity index (χ0v) is 41.8. The fraction of sp³-hybridized carbons (Fsp3) is 0.707. The van der Waals surface area contributed by atoms with Gasteiger partial charge in [-0.3, -0.25) is 14.4 Å². The molecule has 6 heteroatoms. The predicted molar refractivity (Wildman–Crippen MR) is 274 cm³/mol. The van der Waals surface area contributed by atoms with Gasteiger partial charge in [-0.2, -0.15) is 0 Å². The van der Waals surface area contributed by atoms with Gasteiger partial charge in [0.05, 0.1) is 0 Å². The van der Waals surface area contributed by atoms with Gasteiger partial charge >= 0.3 is 17.9 Å². The minimum Gasteiger partial charge on any atom is -0.462 e. The highest BCUT2D eigenvalue weighted by Crippen LogP contribution is 2.14. The number of rotatable bonds is 47. The summed E-state index contributed by atoms with van der Waals surface area (Å²) in [6.07, 6.45) is 67.0. The minimum absolute atomic E-state index is 0.0917. The van der Waals surface area contributed by atoms with Crippen LogP contribution in [0, 0.1) is 0 Å². The molecule has 0 saturated heterocycles. The average molecular weight is 891 g/mol. The molecule has 0 aliphatic rings. The van der Waals surface area contributed by atoms with Crippen molar-refractivity contribution in [3.8, 4) is 0 Å². The third-order valence-corrected chi connectivity index (χ3v) is 11.1. The fourth-order valence-corrected chi connectivity index (χ4v) is 7.15. The standard InChI is InChI=1S/C58H98O6/c1-4-7-10-13-16-19-22-25-27-28-29-30-32-33-36-39-42-45-48-51-57(60)63-54-55(53-62-56(59)50-47-44-41-38-35-24-21-18-15-12-9-6-3)64-58(61)52-49-46-43-40-37-34-31-26-23-20-17-14-11-8-5-2/h7,10,16-17,19-20,25-27,29-31,33,36,55H,4-6,8-9,11-15,18,21-24,28,32,34-35,37-54H2,1-3H3/b10-7-,19-16-,20-17-,27-25-,30-29-,31-26-,36-33-. The molecular formula is C58H98O6. The maximum absolute atomic E-state index is 12.8. The first-order valence-corrected chi connectivity index (χ1v) is 26.6. The van der Waals surface area contributed by atoms with Crippen LogP contribution in [-0.2, 0) is 28.6 Å². The van der Waals surface area contributed by atoms with E-state index in [0.717, 1.165) is 122 Å². The van der Waals surface area contributed by atoms with Crippen molar-refractivity contribution in [3.63, 3.8) is 0 Å². The molecule has 0 amide bonds. The summed E-state index contributed by atoms with van der Waals surface area (Å²) in [6.45, 7) is 6.46. The molecule has 1 unspecified atom stereocenters. The number of carbonyl (C=O) groups is 3. The van der Waals surface area contributed by atoms with Crippen LogP contribution in [0.2, 0.25) is 0 Å². The van der Waals surface area contributed by atoms with Gasteiger partial charge in [-0.05, 0) is 96.3 Å². The second kappa shape index (κ2) is 52.2. The van der Waals surface area contributed by atoms with Gasteiger partial charge in [0.2, 0.25) is 0 Å². The molecule has 0 radical (unpaired) electrons. The highest BCUT2D eigenvalue weighted by molar-refractivity contribution is 5.71. The molecule has 1 atom stereocenters. The lowest BCUT2D eigenvalue weighted by atomic mass is 10.0. The van der Waals surface area contributed by atoms with Crippen molar-refractivity contribution in [2.24, 2.45) is 0 Å². The Morgan fingerprint density at radius 2 is 0.609 bits per heavy atom. The normalized spacial score (nSPS) is 12.7. The number of unbranched alkanes of at least 4 members (excludes halogenated alkanes) is 22. The van der Waals surface area contributed by atoms with E-state index < -0.39 is 6.10 Å². The van der Waals surface area contributed by atoms with E-state index in [0.29, 0.717) is 19.3 Å². The number of hydrogen-bond acceptors (Lipinski definition) is 6. The number of allylic oxidation sites excluding steroid dienone is 14. The van der Waals surface area contributed by atoms with Crippen molar-refractivity contribution < 1.29 is 28.6 Å². The summed E-state index contributed by atoms with van der Waals surface area (Å²) in [4.78, 5) is 38.0. The van der Waals surface area contributed by atoms with Crippen molar-refractivity contribution in [1.82, 2.24) is 0 Å². The van der Waals surface area contributed by atoms with E-state index in [-0.39, 0.29) is 31.1 Å². The monoisotopic (exact) mass is 891 g/mol. The van der Waals surface area contributed by atoms with Crippen molar-refractivity contribution in [1.29, 1.82) is 0 Å². The van der Waals surface area contributed by atoms with Crippen LogP contribution >= 0.6 is 0 Å². The second-order valence-electron chi connectivity index (χ2n) is 17.4. The highest BCUT2D eigenvalue weighted by Gasteiger charge is 2.19. The third kappa shape index (κ3) is 49.6. The zero-order valence-electron chi connectivity index (χ0n) is 41.8. The quantitative estimate of drug-likeness (QED) is 0.0262. The first kappa shape index (κ1) is 60.6. The van der Waals surface area contributed by atoms with Crippen LogP contribution in [0.5, 0.6) is 0 Å². The summed E-state index contributed by atoms with van der Waals surface area (Å²) < 4.78 is 16.8. The Kier molecular flexibility index (Phi) is 49.4. The molecule has 0 aromatic rings. The van der Waals surface area contributed by atoms with Crippen molar-refractivity contribution in [3.05, 3.63) is 85.1 Å². The summed E-state index contributed by atoms with van der Waals surface area (Å²) in [6, 6.07) is 0. The molecule has 0 aliphatic carbocycles. The molecule has 64 heavy (non-hydrogen) atoms. The van der Waals surface area contributed by atoms with E-state index in [2.05, 4.69) is 106 Å². The topological polar surface area (TPSA) is 78.9 Å². The molecular weight excluding hydrogens is 793 g/mol. The Bertz CT molecular complexity index is 1250. The fourth-order valence-electron chi connectivity index (χ4n) is 7.15. The van der Waals surface area contributed by atoms with Crippen LogP contribution < -0.4 is 0 Å². The molecule has 0 spiro atoms. The number of carbonyl (C=O) groups excluding carboxylic acids is 3. The minimum atomic E-state index is -0.796. The Morgan fingerprint density at radius 3 is 1.00 bits per heavy atom. The summed E-state index contributed by atoms with van der Waals surface area (Å²) >= 11 is 0. The summed E-state index contributed by atoms with van der Waals surface area (Å²) in [5.41, 5.74) is 0. The molecule has 0 heterocycles. The van der Waals surface area contributed by atoms with Crippen LogP contribution in [0.15, 0.2) is 85.1 Å². The van der Waals surface area contributed by atoms with E-state index in [1.165, 1.54) is 83.5 Å². The Morgan fingerprint density at radius 1 is 0.328 bits per heavy atom. The number of esters is 3. The van der Waals surface area contributed by atoms with Gasteiger partial charge in [0.25, 0.3) is 0 Å². The first-order valence-electron chi connectivity index (χ1n) is 26.6. The van der Waals surface area contributed by atoms with Crippen LogP contribution in [-0.4, -0.2) is 37.2 Å². The van der Waals surface area contributed by atoms with Gasteiger partial charge in [-0.25, -0.2) is 0 Å². The van der Waals surface area contributed by atoms with E-state index in [9.17, 15) is 14.4 Å².